The van der Waals surface area contributed by atoms with E-state index in [2.05, 4.69) is 40.0 Å². The molecule has 0 spiro atoms. The summed E-state index contributed by atoms with van der Waals surface area (Å²) in [6.07, 6.45) is 5.18. The molecule has 2 aromatic heterocycles. The molecular formula is C22H25N3O. The van der Waals surface area contributed by atoms with Gasteiger partial charge in [-0.15, -0.1) is 0 Å². The second kappa shape index (κ2) is 6.22. The first-order valence-electron chi connectivity index (χ1n) is 9.64. The summed E-state index contributed by atoms with van der Waals surface area (Å²) in [5.41, 5.74) is 6.62. The van der Waals surface area contributed by atoms with Crippen LogP contribution in [-0.4, -0.2) is 27.7 Å². The monoisotopic (exact) mass is 347 g/mol. The maximum absolute atomic E-state index is 11.1. The summed E-state index contributed by atoms with van der Waals surface area (Å²) in [6.45, 7) is 5.10. The number of hydrogen-bond acceptors (Lipinski definition) is 3. The van der Waals surface area contributed by atoms with E-state index >= 15 is 0 Å². The van der Waals surface area contributed by atoms with Gasteiger partial charge in [0.2, 0.25) is 0 Å². The number of aliphatic hydroxyl groups is 1. The van der Waals surface area contributed by atoms with Crippen LogP contribution in [0.2, 0.25) is 0 Å². The van der Waals surface area contributed by atoms with E-state index in [9.17, 15) is 5.11 Å². The first-order valence-corrected chi connectivity index (χ1v) is 9.64. The normalized spacial score (nSPS) is 23.5. The number of rotatable bonds is 2. The van der Waals surface area contributed by atoms with Gasteiger partial charge in [-0.05, 0) is 61.7 Å². The lowest BCUT2D eigenvalue weighted by atomic mass is 9.77. The second-order valence-corrected chi connectivity index (χ2v) is 7.77. The van der Waals surface area contributed by atoms with E-state index in [1.807, 2.05) is 12.1 Å². The third-order valence-electron chi connectivity index (χ3n) is 6.29. The fourth-order valence-corrected chi connectivity index (χ4v) is 5.07. The number of aryl methyl sites for hydroxylation is 2. The van der Waals surface area contributed by atoms with Gasteiger partial charge in [0.1, 0.15) is 0 Å². The van der Waals surface area contributed by atoms with Crippen molar-refractivity contribution in [1.82, 2.24) is 14.9 Å². The summed E-state index contributed by atoms with van der Waals surface area (Å²) in [5.74, 6) is 0.580. The van der Waals surface area contributed by atoms with Crippen LogP contribution in [0.25, 0.3) is 10.9 Å². The molecule has 0 bridgehead atoms. The van der Waals surface area contributed by atoms with Crippen LogP contribution in [0.3, 0.4) is 0 Å². The Bertz CT molecular complexity index is 947. The molecular weight excluding hydrogens is 322 g/mol. The van der Waals surface area contributed by atoms with Crippen LogP contribution < -0.4 is 5.32 Å². The van der Waals surface area contributed by atoms with Gasteiger partial charge in [0, 0.05) is 53.9 Å². The highest BCUT2D eigenvalue weighted by molar-refractivity contribution is 5.87. The average molecular weight is 347 g/mol. The van der Waals surface area contributed by atoms with Crippen molar-refractivity contribution in [2.75, 3.05) is 13.1 Å². The molecule has 26 heavy (non-hydrogen) atoms. The average Bonchev–Trinajstić information content (AvgIpc) is 2.83. The Kier molecular flexibility index (Phi) is 3.84. The first kappa shape index (κ1) is 16.0. The van der Waals surface area contributed by atoms with Crippen molar-refractivity contribution in [2.45, 2.75) is 38.3 Å². The SMILES string of the molecule is Cc1ccc2c(c1)c1c3n2CCC(C(O)c2ccncc2)C3CNCC1. The number of hydrogen-bond donors (Lipinski definition) is 2. The number of benzene rings is 1. The molecule has 3 atom stereocenters. The molecule has 0 radical (unpaired) electrons. The molecule has 2 aliphatic heterocycles. The summed E-state index contributed by atoms with van der Waals surface area (Å²) in [6, 6.07) is 10.7. The molecule has 4 heteroatoms. The van der Waals surface area contributed by atoms with E-state index in [4.69, 9.17) is 0 Å². The molecule has 3 aromatic rings. The molecule has 5 rings (SSSR count). The van der Waals surface area contributed by atoms with E-state index < -0.39 is 6.10 Å². The summed E-state index contributed by atoms with van der Waals surface area (Å²) in [7, 11) is 0. The molecule has 134 valence electrons. The van der Waals surface area contributed by atoms with E-state index in [0.29, 0.717) is 5.92 Å². The zero-order valence-electron chi connectivity index (χ0n) is 15.2. The van der Waals surface area contributed by atoms with Crippen LogP contribution in [-0.2, 0) is 13.0 Å². The number of nitrogens with zero attached hydrogens (tertiary/aromatic N) is 2. The lowest BCUT2D eigenvalue weighted by molar-refractivity contribution is 0.0735. The molecule has 4 nitrogen and oxygen atoms in total. The maximum atomic E-state index is 11.1. The van der Waals surface area contributed by atoms with Gasteiger partial charge in [-0.25, -0.2) is 0 Å². The molecule has 3 unspecified atom stereocenters. The van der Waals surface area contributed by atoms with Crippen molar-refractivity contribution < 1.29 is 5.11 Å². The Morgan fingerprint density at radius 2 is 2.08 bits per heavy atom. The van der Waals surface area contributed by atoms with Crippen LogP contribution >= 0.6 is 0 Å². The summed E-state index contributed by atoms with van der Waals surface area (Å²) in [5, 5.41) is 16.2. The predicted octanol–water partition coefficient (Wildman–Crippen LogP) is 3.33. The van der Waals surface area contributed by atoms with E-state index in [1.54, 1.807) is 12.4 Å². The molecule has 0 saturated carbocycles. The van der Waals surface area contributed by atoms with Gasteiger partial charge in [0.15, 0.2) is 0 Å². The zero-order chi connectivity index (χ0) is 17.7. The maximum Gasteiger partial charge on any atom is 0.0826 e. The van der Waals surface area contributed by atoms with Crippen LogP contribution in [0.5, 0.6) is 0 Å². The lowest BCUT2D eigenvalue weighted by Crippen LogP contribution is -2.34. The predicted molar refractivity (Wildman–Crippen MR) is 103 cm³/mol. The van der Waals surface area contributed by atoms with Gasteiger partial charge in [-0.1, -0.05) is 11.6 Å². The van der Waals surface area contributed by atoms with Crippen molar-refractivity contribution in [3.05, 3.63) is 65.1 Å². The lowest BCUT2D eigenvalue weighted by Gasteiger charge is -2.36. The third-order valence-corrected chi connectivity index (χ3v) is 6.29. The Balaban J connectivity index is 1.64. The van der Waals surface area contributed by atoms with Crippen molar-refractivity contribution in [1.29, 1.82) is 0 Å². The highest BCUT2D eigenvalue weighted by Gasteiger charge is 2.38. The number of aromatic nitrogens is 2. The van der Waals surface area contributed by atoms with Gasteiger partial charge < -0.3 is 15.0 Å². The van der Waals surface area contributed by atoms with Gasteiger partial charge in [-0.2, -0.15) is 0 Å². The molecule has 2 aliphatic rings. The number of pyridine rings is 1. The molecule has 4 heterocycles. The zero-order valence-corrected chi connectivity index (χ0v) is 15.2. The molecule has 0 saturated heterocycles. The first-order chi connectivity index (χ1) is 12.7. The number of nitrogens with one attached hydrogen (secondary N) is 1. The van der Waals surface area contributed by atoms with Crippen LogP contribution in [0, 0.1) is 12.8 Å². The Hall–Kier alpha value is -2.17. The summed E-state index contributed by atoms with van der Waals surface area (Å²) < 4.78 is 2.53. The van der Waals surface area contributed by atoms with E-state index in [-0.39, 0.29) is 5.92 Å². The molecule has 2 N–H and O–H groups in total. The minimum atomic E-state index is -0.441. The van der Waals surface area contributed by atoms with Crippen LogP contribution in [0.4, 0.5) is 0 Å². The molecule has 0 aliphatic carbocycles. The Labute approximate surface area is 153 Å². The second-order valence-electron chi connectivity index (χ2n) is 7.77. The number of fused-ring (bicyclic) bond motifs is 3. The largest absolute Gasteiger partial charge is 0.388 e. The van der Waals surface area contributed by atoms with Gasteiger partial charge in [0.05, 0.1) is 6.10 Å². The third kappa shape index (κ3) is 2.40. The van der Waals surface area contributed by atoms with E-state index in [0.717, 1.165) is 38.0 Å². The van der Waals surface area contributed by atoms with Crippen LogP contribution in [0.1, 0.15) is 40.8 Å². The highest BCUT2D eigenvalue weighted by Crippen LogP contribution is 2.45. The van der Waals surface area contributed by atoms with Crippen molar-refractivity contribution in [2.24, 2.45) is 5.92 Å². The van der Waals surface area contributed by atoms with Crippen molar-refractivity contribution >= 4 is 10.9 Å². The number of aliphatic hydroxyl groups excluding tert-OH is 1. The Morgan fingerprint density at radius 1 is 1.23 bits per heavy atom. The fourth-order valence-electron chi connectivity index (χ4n) is 5.07. The van der Waals surface area contributed by atoms with Gasteiger partial charge >= 0.3 is 0 Å². The summed E-state index contributed by atoms with van der Waals surface area (Å²) >= 11 is 0. The van der Waals surface area contributed by atoms with Crippen LogP contribution in [0.15, 0.2) is 42.7 Å². The van der Waals surface area contributed by atoms with Gasteiger partial charge in [0.25, 0.3) is 0 Å². The standard InChI is InChI=1S/C22H25N3O/c1-14-2-3-20-18(12-14)16-6-10-24-13-19-17(7-11-25(20)21(16)19)22(26)15-4-8-23-9-5-15/h2-5,8-9,12,17,19,22,24,26H,6-7,10-11,13H2,1H3. The Morgan fingerprint density at radius 3 is 2.92 bits per heavy atom. The topological polar surface area (TPSA) is 50.1 Å². The van der Waals surface area contributed by atoms with Crippen molar-refractivity contribution in [3.63, 3.8) is 0 Å². The molecule has 1 aromatic carbocycles. The smallest absolute Gasteiger partial charge is 0.0826 e. The van der Waals surface area contributed by atoms with Crippen molar-refractivity contribution in [3.8, 4) is 0 Å². The minimum absolute atomic E-state index is 0.236. The van der Waals surface area contributed by atoms with E-state index in [1.165, 1.54) is 27.7 Å². The fraction of sp³-hybridized carbons (Fsp3) is 0.409. The molecule has 0 fully saturated rings. The quantitative estimate of drug-likeness (QED) is 0.748. The molecule has 0 amide bonds. The highest BCUT2D eigenvalue weighted by atomic mass is 16.3. The minimum Gasteiger partial charge on any atom is -0.388 e. The summed E-state index contributed by atoms with van der Waals surface area (Å²) in [4.78, 5) is 4.10. The van der Waals surface area contributed by atoms with Gasteiger partial charge in [-0.3, -0.25) is 4.98 Å².